The molecule has 0 aliphatic rings. The summed E-state index contributed by atoms with van der Waals surface area (Å²) in [6.07, 6.45) is 1.21. The second kappa shape index (κ2) is 6.42. The van der Waals surface area contributed by atoms with Crippen molar-refractivity contribution in [2.24, 2.45) is 0 Å². The SMILES string of the molecule is CS(=O)(=O)CCC(=O)CSc1cccc(Cl)c1. The van der Waals surface area contributed by atoms with Crippen LogP contribution in [0.4, 0.5) is 0 Å². The van der Waals surface area contributed by atoms with Crippen molar-refractivity contribution in [2.75, 3.05) is 17.8 Å². The molecular formula is C11H13ClO3S2. The van der Waals surface area contributed by atoms with Gasteiger partial charge in [-0.25, -0.2) is 8.42 Å². The van der Waals surface area contributed by atoms with Crippen molar-refractivity contribution in [3.8, 4) is 0 Å². The van der Waals surface area contributed by atoms with E-state index in [0.29, 0.717) is 5.02 Å². The topological polar surface area (TPSA) is 51.2 Å². The minimum absolute atomic E-state index is 0.0691. The van der Waals surface area contributed by atoms with Gasteiger partial charge in [0, 0.05) is 22.6 Å². The van der Waals surface area contributed by atoms with E-state index in [0.717, 1.165) is 11.2 Å². The normalized spacial score (nSPS) is 11.4. The van der Waals surface area contributed by atoms with Gasteiger partial charge in [0.1, 0.15) is 15.6 Å². The average molecular weight is 293 g/mol. The summed E-state index contributed by atoms with van der Waals surface area (Å²) >= 11 is 7.17. The fraction of sp³-hybridized carbons (Fsp3) is 0.364. The number of thioether (sulfide) groups is 1. The van der Waals surface area contributed by atoms with Gasteiger partial charge in [0.05, 0.1) is 11.5 Å². The summed E-state index contributed by atoms with van der Waals surface area (Å²) in [7, 11) is -3.06. The molecule has 0 amide bonds. The van der Waals surface area contributed by atoms with E-state index in [1.807, 2.05) is 12.1 Å². The zero-order chi connectivity index (χ0) is 12.9. The van der Waals surface area contributed by atoms with Gasteiger partial charge in [-0.3, -0.25) is 4.79 Å². The molecule has 1 aromatic carbocycles. The summed E-state index contributed by atoms with van der Waals surface area (Å²) in [5.74, 6) is 0.123. The Morgan fingerprint density at radius 2 is 2.12 bits per heavy atom. The van der Waals surface area contributed by atoms with Gasteiger partial charge in [-0.2, -0.15) is 0 Å². The minimum atomic E-state index is -3.06. The molecule has 0 unspecified atom stereocenters. The summed E-state index contributed by atoms with van der Waals surface area (Å²) in [5.41, 5.74) is 0. The number of ketones is 1. The fourth-order valence-corrected chi connectivity index (χ4v) is 2.80. The Morgan fingerprint density at radius 3 is 2.71 bits per heavy atom. The highest BCUT2D eigenvalue weighted by molar-refractivity contribution is 8.00. The predicted octanol–water partition coefficient (Wildman–Crippen LogP) is 2.44. The molecule has 0 heterocycles. The third-order valence-corrected chi connectivity index (χ3v) is 4.18. The van der Waals surface area contributed by atoms with Crippen LogP contribution < -0.4 is 0 Å². The molecule has 0 N–H and O–H groups in total. The molecule has 0 saturated heterocycles. The summed E-state index contributed by atoms with van der Waals surface area (Å²) in [6.45, 7) is 0. The third-order valence-electron chi connectivity index (χ3n) is 1.95. The van der Waals surface area contributed by atoms with Crippen molar-refractivity contribution in [2.45, 2.75) is 11.3 Å². The zero-order valence-corrected chi connectivity index (χ0v) is 11.7. The van der Waals surface area contributed by atoms with E-state index in [2.05, 4.69) is 0 Å². The van der Waals surface area contributed by atoms with Crippen LogP contribution in [0.3, 0.4) is 0 Å². The number of carbonyl (C=O) groups excluding carboxylic acids is 1. The first-order chi connectivity index (χ1) is 7.87. The summed E-state index contributed by atoms with van der Waals surface area (Å²) in [5, 5.41) is 0.624. The molecule has 1 aromatic rings. The average Bonchev–Trinajstić information content (AvgIpc) is 2.23. The molecule has 0 saturated carbocycles. The number of Topliss-reactive ketones (excluding diaryl/α,β-unsaturated/α-hetero) is 1. The summed E-state index contributed by atoms with van der Waals surface area (Å²) < 4.78 is 21.8. The second-order valence-corrected chi connectivity index (χ2v) is 7.41. The highest BCUT2D eigenvalue weighted by Gasteiger charge is 2.08. The molecule has 0 radical (unpaired) electrons. The maximum atomic E-state index is 11.4. The monoisotopic (exact) mass is 292 g/mol. The van der Waals surface area contributed by atoms with E-state index >= 15 is 0 Å². The fourth-order valence-electron chi connectivity index (χ4n) is 1.09. The van der Waals surface area contributed by atoms with Gasteiger partial charge < -0.3 is 0 Å². The van der Waals surface area contributed by atoms with Crippen molar-refractivity contribution >= 4 is 39.0 Å². The van der Waals surface area contributed by atoms with Crippen LogP contribution in [-0.4, -0.2) is 32.0 Å². The number of hydrogen-bond donors (Lipinski definition) is 0. The van der Waals surface area contributed by atoms with Gasteiger partial charge in [-0.1, -0.05) is 17.7 Å². The molecule has 0 aromatic heterocycles. The molecular weight excluding hydrogens is 280 g/mol. The van der Waals surface area contributed by atoms with Gasteiger partial charge in [0.15, 0.2) is 0 Å². The Hall–Kier alpha value is -0.520. The Morgan fingerprint density at radius 1 is 1.41 bits per heavy atom. The van der Waals surface area contributed by atoms with Crippen LogP contribution in [0.2, 0.25) is 5.02 Å². The van der Waals surface area contributed by atoms with Gasteiger partial charge in [0.2, 0.25) is 0 Å². The molecule has 94 valence electrons. The quantitative estimate of drug-likeness (QED) is 0.756. The van der Waals surface area contributed by atoms with Crippen LogP contribution in [0.15, 0.2) is 29.2 Å². The minimum Gasteiger partial charge on any atom is -0.299 e. The van der Waals surface area contributed by atoms with Crippen LogP contribution in [0.1, 0.15) is 6.42 Å². The number of hydrogen-bond acceptors (Lipinski definition) is 4. The first kappa shape index (κ1) is 14.5. The first-order valence-electron chi connectivity index (χ1n) is 4.94. The van der Waals surface area contributed by atoms with E-state index in [1.54, 1.807) is 12.1 Å². The number of halogens is 1. The van der Waals surface area contributed by atoms with E-state index in [4.69, 9.17) is 11.6 Å². The van der Waals surface area contributed by atoms with E-state index < -0.39 is 9.84 Å². The number of rotatable bonds is 6. The van der Waals surface area contributed by atoms with Crippen molar-refractivity contribution < 1.29 is 13.2 Å². The highest BCUT2D eigenvalue weighted by Crippen LogP contribution is 2.21. The van der Waals surface area contributed by atoms with Crippen LogP contribution in [0.5, 0.6) is 0 Å². The number of benzene rings is 1. The van der Waals surface area contributed by atoms with Crippen LogP contribution in [-0.2, 0) is 14.6 Å². The lowest BCUT2D eigenvalue weighted by Gasteiger charge is -2.01. The van der Waals surface area contributed by atoms with Crippen molar-refractivity contribution in [3.05, 3.63) is 29.3 Å². The molecule has 6 heteroatoms. The van der Waals surface area contributed by atoms with Crippen LogP contribution >= 0.6 is 23.4 Å². The molecule has 0 spiro atoms. The maximum absolute atomic E-state index is 11.4. The van der Waals surface area contributed by atoms with E-state index in [-0.39, 0.29) is 23.7 Å². The van der Waals surface area contributed by atoms with Crippen LogP contribution in [0, 0.1) is 0 Å². The Balaban J connectivity index is 2.38. The smallest absolute Gasteiger partial charge is 0.147 e. The first-order valence-corrected chi connectivity index (χ1v) is 8.37. The lowest BCUT2D eigenvalue weighted by molar-refractivity contribution is -0.116. The van der Waals surface area contributed by atoms with Gasteiger partial charge in [0.25, 0.3) is 0 Å². The zero-order valence-electron chi connectivity index (χ0n) is 9.35. The number of sulfone groups is 1. The van der Waals surface area contributed by atoms with E-state index in [1.165, 1.54) is 11.8 Å². The largest absolute Gasteiger partial charge is 0.299 e. The molecule has 1 rings (SSSR count). The standard InChI is InChI=1S/C11H13ClO3S2/c1-17(14,15)6-5-10(13)8-16-11-4-2-3-9(12)7-11/h2-4,7H,5-6,8H2,1H3. The van der Waals surface area contributed by atoms with Gasteiger partial charge in [-0.15, -0.1) is 11.8 Å². The molecule has 0 atom stereocenters. The lowest BCUT2D eigenvalue weighted by atomic mass is 10.3. The highest BCUT2D eigenvalue weighted by atomic mass is 35.5. The van der Waals surface area contributed by atoms with Gasteiger partial charge >= 0.3 is 0 Å². The molecule has 17 heavy (non-hydrogen) atoms. The lowest BCUT2D eigenvalue weighted by Crippen LogP contribution is -2.10. The van der Waals surface area contributed by atoms with E-state index in [9.17, 15) is 13.2 Å². The second-order valence-electron chi connectivity index (χ2n) is 3.66. The van der Waals surface area contributed by atoms with Crippen molar-refractivity contribution in [1.82, 2.24) is 0 Å². The maximum Gasteiger partial charge on any atom is 0.147 e. The molecule has 0 fully saturated rings. The van der Waals surface area contributed by atoms with Gasteiger partial charge in [-0.05, 0) is 18.2 Å². The van der Waals surface area contributed by atoms with Crippen LogP contribution in [0.25, 0.3) is 0 Å². The summed E-state index contributed by atoms with van der Waals surface area (Å²) in [6, 6.07) is 7.21. The number of carbonyl (C=O) groups is 1. The van der Waals surface area contributed by atoms with Crippen molar-refractivity contribution in [3.63, 3.8) is 0 Å². The molecule has 0 aliphatic carbocycles. The molecule has 3 nitrogen and oxygen atoms in total. The Kier molecular flexibility index (Phi) is 5.49. The molecule has 0 aliphatic heterocycles. The Labute approximate surface area is 110 Å². The predicted molar refractivity (Wildman–Crippen MR) is 71.5 cm³/mol. The third kappa shape index (κ3) is 6.71. The summed E-state index contributed by atoms with van der Waals surface area (Å²) in [4.78, 5) is 12.3. The van der Waals surface area contributed by atoms with Crippen molar-refractivity contribution in [1.29, 1.82) is 0 Å². The molecule has 0 bridgehead atoms. The Bertz CT molecular complexity index is 497.